The third-order valence-corrected chi connectivity index (χ3v) is 8.07. The van der Waals surface area contributed by atoms with Crippen LogP contribution in [0.4, 0.5) is 20.6 Å². The molecule has 12 heteroatoms. The molecule has 0 fully saturated rings. The summed E-state index contributed by atoms with van der Waals surface area (Å²) in [6, 6.07) is 11.0. The van der Waals surface area contributed by atoms with Crippen LogP contribution >= 0.6 is 22.9 Å². The van der Waals surface area contributed by atoms with E-state index in [2.05, 4.69) is 10.6 Å². The summed E-state index contributed by atoms with van der Waals surface area (Å²) in [5.41, 5.74) is 0.648. The predicted octanol–water partition coefficient (Wildman–Crippen LogP) is 4.40. The molecule has 0 unspecified atom stereocenters. The van der Waals surface area contributed by atoms with E-state index < -0.39 is 27.4 Å². The number of carbonyl (C=O) groups excluding carboxylic acids is 1. The lowest BCUT2D eigenvalue weighted by molar-refractivity contribution is 0.256. The topological polar surface area (TPSA) is 109 Å². The molecule has 2 aromatic heterocycles. The zero-order valence-electron chi connectivity index (χ0n) is 16.9. The van der Waals surface area contributed by atoms with Crippen molar-refractivity contribution in [3.05, 3.63) is 81.3 Å². The number of anilines is 2. The molecule has 2 aromatic carbocycles. The zero-order valence-corrected chi connectivity index (χ0v) is 19.3. The average molecular weight is 507 g/mol. The lowest BCUT2D eigenvalue weighted by Crippen LogP contribution is -2.34. The molecule has 0 radical (unpaired) electrons. The Labute approximate surface area is 196 Å². The van der Waals surface area contributed by atoms with Crippen LogP contribution < -0.4 is 20.9 Å². The van der Waals surface area contributed by atoms with Crippen LogP contribution in [0.5, 0.6) is 0 Å². The number of aromatic nitrogens is 1. The number of fused-ring (bicyclic) bond motifs is 1. The molecule has 8 nitrogen and oxygen atoms in total. The molecule has 33 heavy (non-hydrogen) atoms. The van der Waals surface area contributed by atoms with E-state index in [1.54, 1.807) is 37.5 Å². The first kappa shape index (κ1) is 22.8. The lowest BCUT2D eigenvalue weighted by atomic mass is 10.1. The molecule has 2 heterocycles. The Bertz CT molecular complexity index is 1530. The van der Waals surface area contributed by atoms with E-state index in [4.69, 9.17) is 11.6 Å². The molecule has 0 aliphatic rings. The quantitative estimate of drug-likeness (QED) is 0.372. The van der Waals surface area contributed by atoms with Gasteiger partial charge < -0.3 is 10.6 Å². The van der Waals surface area contributed by atoms with Crippen molar-refractivity contribution < 1.29 is 17.6 Å². The van der Waals surface area contributed by atoms with E-state index in [1.807, 2.05) is 4.72 Å². The number of hydrogen-bond acceptors (Lipinski definition) is 6. The first-order valence-electron chi connectivity index (χ1n) is 9.39. The SMILES string of the molecule is CNc1cc2ccn(-c3ccc(NC(=O)NS(=O)(=O)c4sccc4Cl)cc3)c(=O)c2cc1F. The van der Waals surface area contributed by atoms with Gasteiger partial charge in [0.05, 0.1) is 16.1 Å². The van der Waals surface area contributed by atoms with Gasteiger partial charge in [0.25, 0.3) is 15.6 Å². The maximum atomic E-state index is 14.1. The molecule has 0 bridgehead atoms. The summed E-state index contributed by atoms with van der Waals surface area (Å²) < 4.78 is 41.7. The third-order valence-electron chi connectivity index (χ3n) is 4.72. The van der Waals surface area contributed by atoms with Crippen molar-refractivity contribution in [2.24, 2.45) is 0 Å². The van der Waals surface area contributed by atoms with Gasteiger partial charge in [-0.1, -0.05) is 11.6 Å². The molecular weight excluding hydrogens is 491 g/mol. The van der Waals surface area contributed by atoms with Gasteiger partial charge in [-0.2, -0.15) is 0 Å². The average Bonchev–Trinajstić information content (AvgIpc) is 3.21. The highest BCUT2D eigenvalue weighted by Crippen LogP contribution is 2.27. The van der Waals surface area contributed by atoms with Crippen LogP contribution in [0.25, 0.3) is 16.5 Å². The van der Waals surface area contributed by atoms with Crippen LogP contribution in [-0.2, 0) is 10.0 Å². The fourth-order valence-electron chi connectivity index (χ4n) is 3.16. The number of halogens is 2. The molecular formula is C21H16ClFN4O4S2. The standard InChI is InChI=1S/C21H16ClFN4O4S2/c1-24-18-10-12-6-8-27(19(28)15(12)11-17(18)23)14-4-2-13(3-5-14)25-21(29)26-33(30,31)20-16(22)7-9-32-20/h2-11,24H,1H3,(H2,25,26,29). The Morgan fingerprint density at radius 1 is 1.12 bits per heavy atom. The van der Waals surface area contributed by atoms with Crippen LogP contribution in [0.15, 0.2) is 69.1 Å². The number of carbonyl (C=O) groups is 1. The summed E-state index contributed by atoms with van der Waals surface area (Å²) in [6.45, 7) is 0. The molecule has 0 saturated heterocycles. The smallest absolute Gasteiger partial charge is 0.333 e. The van der Waals surface area contributed by atoms with Gasteiger partial charge >= 0.3 is 6.03 Å². The van der Waals surface area contributed by atoms with Crippen LogP contribution in [0.1, 0.15) is 0 Å². The summed E-state index contributed by atoms with van der Waals surface area (Å²) in [7, 11) is -2.52. The number of nitrogens with zero attached hydrogens (tertiary/aromatic N) is 1. The van der Waals surface area contributed by atoms with Gasteiger partial charge in [-0.25, -0.2) is 22.3 Å². The molecule has 0 aliphatic heterocycles. The van der Waals surface area contributed by atoms with Crippen molar-refractivity contribution in [3.63, 3.8) is 0 Å². The highest BCUT2D eigenvalue weighted by molar-refractivity contribution is 7.92. The monoisotopic (exact) mass is 506 g/mol. The van der Waals surface area contributed by atoms with E-state index in [0.29, 0.717) is 16.8 Å². The number of thiophene rings is 1. The molecule has 170 valence electrons. The van der Waals surface area contributed by atoms with Gasteiger partial charge in [-0.3, -0.25) is 9.36 Å². The van der Waals surface area contributed by atoms with Crippen molar-refractivity contribution in [2.45, 2.75) is 4.21 Å². The molecule has 0 saturated carbocycles. The minimum Gasteiger partial charge on any atom is -0.386 e. The largest absolute Gasteiger partial charge is 0.386 e. The van der Waals surface area contributed by atoms with Crippen molar-refractivity contribution >= 4 is 61.1 Å². The van der Waals surface area contributed by atoms with Crippen molar-refractivity contribution in [1.29, 1.82) is 0 Å². The van der Waals surface area contributed by atoms with E-state index >= 15 is 0 Å². The Morgan fingerprint density at radius 2 is 1.85 bits per heavy atom. The van der Waals surface area contributed by atoms with Crippen molar-refractivity contribution in [2.75, 3.05) is 17.7 Å². The van der Waals surface area contributed by atoms with Crippen molar-refractivity contribution in [1.82, 2.24) is 9.29 Å². The van der Waals surface area contributed by atoms with E-state index in [9.17, 15) is 22.4 Å². The molecule has 3 N–H and O–H groups in total. The van der Waals surface area contributed by atoms with Crippen molar-refractivity contribution in [3.8, 4) is 5.69 Å². The second-order valence-electron chi connectivity index (χ2n) is 6.82. The van der Waals surface area contributed by atoms with Crippen LogP contribution in [0.2, 0.25) is 5.02 Å². The molecule has 2 amide bonds. The van der Waals surface area contributed by atoms with Crippen LogP contribution in [-0.4, -0.2) is 26.1 Å². The Kier molecular flexibility index (Phi) is 6.11. The number of benzene rings is 2. The fourth-order valence-corrected chi connectivity index (χ4v) is 5.76. The van der Waals surface area contributed by atoms with Gasteiger partial charge in [0.15, 0.2) is 4.21 Å². The number of urea groups is 1. The summed E-state index contributed by atoms with van der Waals surface area (Å²) in [5.74, 6) is -0.538. The Hall–Kier alpha value is -3.41. The number of amides is 2. The summed E-state index contributed by atoms with van der Waals surface area (Å²) in [5, 5.41) is 7.46. The molecule has 4 rings (SSSR count). The number of hydrogen-bond donors (Lipinski definition) is 3. The summed E-state index contributed by atoms with van der Waals surface area (Å²) in [4.78, 5) is 25.0. The number of sulfonamides is 1. The first-order valence-corrected chi connectivity index (χ1v) is 12.1. The lowest BCUT2D eigenvalue weighted by Gasteiger charge is -2.11. The summed E-state index contributed by atoms with van der Waals surface area (Å²) >= 11 is 6.71. The summed E-state index contributed by atoms with van der Waals surface area (Å²) in [6.07, 6.45) is 1.56. The highest BCUT2D eigenvalue weighted by Gasteiger charge is 2.22. The Morgan fingerprint density at radius 3 is 2.48 bits per heavy atom. The second-order valence-corrected chi connectivity index (χ2v) is 10.0. The maximum absolute atomic E-state index is 14.1. The zero-order chi connectivity index (χ0) is 23.8. The molecule has 4 aromatic rings. The minimum absolute atomic E-state index is 0.0209. The predicted molar refractivity (Wildman–Crippen MR) is 128 cm³/mol. The fraction of sp³-hybridized carbons (Fsp3) is 0.0476. The molecule has 0 aliphatic carbocycles. The second kappa shape index (κ2) is 8.85. The third kappa shape index (κ3) is 4.56. The van der Waals surface area contributed by atoms with Crippen LogP contribution in [0.3, 0.4) is 0 Å². The van der Waals surface area contributed by atoms with Gasteiger partial charge in [0.1, 0.15) is 5.82 Å². The van der Waals surface area contributed by atoms with Gasteiger partial charge in [-0.05, 0) is 59.3 Å². The number of rotatable bonds is 5. The Balaban J connectivity index is 1.54. The molecule has 0 spiro atoms. The van der Waals surface area contributed by atoms with Gasteiger partial charge in [-0.15, -0.1) is 11.3 Å². The van der Waals surface area contributed by atoms with Gasteiger partial charge in [0.2, 0.25) is 0 Å². The maximum Gasteiger partial charge on any atom is 0.333 e. The number of pyridine rings is 1. The van der Waals surface area contributed by atoms with Crippen LogP contribution in [0, 0.1) is 5.82 Å². The van der Waals surface area contributed by atoms with E-state index in [-0.39, 0.29) is 20.3 Å². The number of nitrogens with one attached hydrogen (secondary N) is 3. The highest BCUT2D eigenvalue weighted by atomic mass is 35.5. The first-order chi connectivity index (χ1) is 15.7. The van der Waals surface area contributed by atoms with E-state index in [0.717, 1.165) is 11.3 Å². The normalized spacial score (nSPS) is 11.4. The minimum atomic E-state index is -4.11. The molecule has 0 atom stereocenters. The van der Waals surface area contributed by atoms with E-state index in [1.165, 1.54) is 34.2 Å². The van der Waals surface area contributed by atoms with Gasteiger partial charge in [0, 0.05) is 24.6 Å².